The zero-order chi connectivity index (χ0) is 13.4. The molecule has 0 saturated carbocycles. The van der Waals surface area contributed by atoms with E-state index in [0.717, 1.165) is 18.6 Å². The Labute approximate surface area is 113 Å². The van der Waals surface area contributed by atoms with Gasteiger partial charge in [0, 0.05) is 6.61 Å². The Kier molecular flexibility index (Phi) is 6.61. The van der Waals surface area contributed by atoms with Crippen LogP contribution in [-0.4, -0.2) is 21.5 Å². The highest BCUT2D eigenvalue weighted by atomic mass is 28.2. The van der Waals surface area contributed by atoms with Crippen molar-refractivity contribution in [1.82, 2.24) is 0 Å². The molecule has 2 radical (unpaired) electrons. The Bertz CT molecular complexity index is 350. The van der Waals surface area contributed by atoms with Crippen molar-refractivity contribution in [1.29, 1.82) is 0 Å². The highest BCUT2D eigenvalue weighted by molar-refractivity contribution is 6.31. The molecule has 3 heteroatoms. The molecule has 0 bridgehead atoms. The molecule has 18 heavy (non-hydrogen) atoms. The lowest BCUT2D eigenvalue weighted by atomic mass is 10.1. The predicted octanol–water partition coefficient (Wildman–Crippen LogP) is 3.36. The van der Waals surface area contributed by atoms with E-state index in [2.05, 4.69) is 26.8 Å². The van der Waals surface area contributed by atoms with Gasteiger partial charge in [-0.25, -0.2) is 0 Å². The van der Waals surface area contributed by atoms with Crippen LogP contribution in [0.15, 0.2) is 24.3 Å². The van der Waals surface area contributed by atoms with E-state index in [4.69, 9.17) is 4.43 Å². The van der Waals surface area contributed by atoms with Crippen LogP contribution in [0.5, 0.6) is 0 Å². The van der Waals surface area contributed by atoms with E-state index in [1.54, 1.807) is 0 Å². The summed E-state index contributed by atoms with van der Waals surface area (Å²) >= 11 is 0. The Morgan fingerprint density at radius 3 is 2.50 bits per heavy atom. The lowest BCUT2D eigenvalue weighted by Crippen LogP contribution is -2.17. The third-order valence-corrected chi connectivity index (χ3v) is 4.14. The predicted molar refractivity (Wildman–Crippen MR) is 76.7 cm³/mol. The van der Waals surface area contributed by atoms with Crippen LogP contribution in [0.4, 0.5) is 0 Å². The molecule has 0 unspecified atom stereocenters. The minimum absolute atomic E-state index is 0.111. The van der Waals surface area contributed by atoms with Crippen LogP contribution in [0.3, 0.4) is 0 Å². The molecular weight excluding hydrogens is 240 g/mol. The Morgan fingerprint density at radius 2 is 1.89 bits per heavy atom. The van der Waals surface area contributed by atoms with Gasteiger partial charge in [0.2, 0.25) is 9.76 Å². The maximum absolute atomic E-state index is 9.24. The number of hydrogen-bond donors (Lipinski definition) is 1. The third-order valence-electron chi connectivity index (χ3n) is 2.99. The first-order valence-electron chi connectivity index (χ1n) is 6.65. The van der Waals surface area contributed by atoms with Gasteiger partial charge in [-0.1, -0.05) is 51.5 Å². The summed E-state index contributed by atoms with van der Waals surface area (Å²) < 4.78 is 5.80. The van der Waals surface area contributed by atoms with Crippen LogP contribution in [0.1, 0.15) is 44.7 Å². The molecule has 0 aliphatic rings. The zero-order valence-electron chi connectivity index (χ0n) is 11.7. The van der Waals surface area contributed by atoms with Gasteiger partial charge in [0.05, 0.1) is 6.61 Å². The van der Waals surface area contributed by atoms with Crippen molar-refractivity contribution in [3.8, 4) is 0 Å². The summed E-state index contributed by atoms with van der Waals surface area (Å²) in [6.07, 6.45) is 3.29. The normalized spacial score (nSPS) is 11.8. The molecule has 1 rings (SSSR count). The van der Waals surface area contributed by atoms with Crippen molar-refractivity contribution in [2.75, 3.05) is 6.61 Å². The van der Waals surface area contributed by atoms with Crippen LogP contribution in [0.25, 0.3) is 0 Å². The van der Waals surface area contributed by atoms with Crippen LogP contribution >= 0.6 is 0 Å². The minimum Gasteiger partial charge on any atom is -0.417 e. The standard InChI is InChI=1S/C15H24O2Si/c1-4-10-15(2,3)18-17-11-9-13-7-5-6-8-14(13)12-16/h5-8,16H,4,9-12H2,1-3H3. The lowest BCUT2D eigenvalue weighted by Gasteiger charge is -2.21. The van der Waals surface area contributed by atoms with Gasteiger partial charge >= 0.3 is 0 Å². The molecular formula is C15H24O2Si. The van der Waals surface area contributed by atoms with Gasteiger partial charge in [-0.2, -0.15) is 0 Å². The third kappa shape index (κ3) is 5.34. The summed E-state index contributed by atoms with van der Waals surface area (Å²) in [5.74, 6) is 0. The second-order valence-electron chi connectivity index (χ2n) is 5.26. The Morgan fingerprint density at radius 1 is 1.22 bits per heavy atom. The summed E-state index contributed by atoms with van der Waals surface area (Å²) in [5, 5.41) is 9.53. The maximum atomic E-state index is 9.24. The van der Waals surface area contributed by atoms with E-state index < -0.39 is 0 Å². The van der Waals surface area contributed by atoms with Crippen molar-refractivity contribution in [2.45, 2.75) is 51.7 Å². The first kappa shape index (κ1) is 15.4. The quantitative estimate of drug-likeness (QED) is 0.576. The number of aliphatic hydroxyl groups is 1. The summed E-state index contributed by atoms with van der Waals surface area (Å²) in [4.78, 5) is 0. The van der Waals surface area contributed by atoms with E-state index in [1.165, 1.54) is 18.4 Å². The largest absolute Gasteiger partial charge is 0.417 e. The molecule has 0 spiro atoms. The first-order chi connectivity index (χ1) is 8.59. The average Bonchev–Trinajstić information content (AvgIpc) is 2.35. The molecule has 0 atom stereocenters. The van der Waals surface area contributed by atoms with Gasteiger partial charge in [0.1, 0.15) is 0 Å². The van der Waals surface area contributed by atoms with Crippen molar-refractivity contribution in [2.24, 2.45) is 0 Å². The topological polar surface area (TPSA) is 29.5 Å². The summed E-state index contributed by atoms with van der Waals surface area (Å²) in [6, 6.07) is 8.01. The molecule has 0 saturated heterocycles. The van der Waals surface area contributed by atoms with Crippen molar-refractivity contribution in [3.63, 3.8) is 0 Å². The van der Waals surface area contributed by atoms with Gasteiger partial charge in [-0.15, -0.1) is 0 Å². The molecule has 0 fully saturated rings. The van der Waals surface area contributed by atoms with Crippen LogP contribution in [-0.2, 0) is 17.5 Å². The molecule has 100 valence electrons. The van der Waals surface area contributed by atoms with E-state index >= 15 is 0 Å². The average molecular weight is 264 g/mol. The van der Waals surface area contributed by atoms with E-state index in [9.17, 15) is 5.11 Å². The minimum atomic E-state index is 0.111. The molecule has 1 N–H and O–H groups in total. The monoisotopic (exact) mass is 264 g/mol. The summed E-state index contributed by atoms with van der Waals surface area (Å²) in [6.45, 7) is 7.58. The van der Waals surface area contributed by atoms with Crippen molar-refractivity contribution < 1.29 is 9.53 Å². The van der Waals surface area contributed by atoms with Gasteiger partial charge in [-0.3, -0.25) is 0 Å². The second kappa shape index (κ2) is 7.72. The summed E-state index contributed by atoms with van der Waals surface area (Å²) in [5.41, 5.74) is 2.20. The van der Waals surface area contributed by atoms with Crippen LogP contribution in [0.2, 0.25) is 5.04 Å². The van der Waals surface area contributed by atoms with E-state index in [0.29, 0.717) is 14.8 Å². The van der Waals surface area contributed by atoms with Gasteiger partial charge in [0.25, 0.3) is 0 Å². The molecule has 0 amide bonds. The molecule has 0 heterocycles. The molecule has 0 aliphatic heterocycles. The fourth-order valence-electron chi connectivity index (χ4n) is 2.04. The highest BCUT2D eigenvalue weighted by Gasteiger charge is 2.19. The number of hydrogen-bond acceptors (Lipinski definition) is 2. The van der Waals surface area contributed by atoms with Gasteiger partial charge in [0.15, 0.2) is 0 Å². The second-order valence-corrected chi connectivity index (χ2v) is 7.11. The van der Waals surface area contributed by atoms with Crippen LogP contribution < -0.4 is 0 Å². The molecule has 0 aliphatic carbocycles. The smallest absolute Gasteiger partial charge is 0.235 e. The lowest BCUT2D eigenvalue weighted by molar-refractivity contribution is 0.278. The Balaban J connectivity index is 2.33. The van der Waals surface area contributed by atoms with Gasteiger partial charge < -0.3 is 9.53 Å². The SMILES string of the molecule is CCCC(C)(C)[Si]OCCc1ccccc1CO. The molecule has 2 nitrogen and oxygen atoms in total. The fourth-order valence-corrected chi connectivity index (χ4v) is 2.99. The van der Waals surface area contributed by atoms with Gasteiger partial charge in [-0.05, 0) is 29.0 Å². The van der Waals surface area contributed by atoms with Crippen molar-refractivity contribution >= 4 is 9.76 Å². The zero-order valence-corrected chi connectivity index (χ0v) is 12.7. The van der Waals surface area contributed by atoms with E-state index in [1.807, 2.05) is 18.2 Å². The van der Waals surface area contributed by atoms with E-state index in [-0.39, 0.29) is 6.61 Å². The number of benzene rings is 1. The number of rotatable bonds is 8. The molecule has 0 aromatic heterocycles. The fraction of sp³-hybridized carbons (Fsp3) is 0.600. The van der Waals surface area contributed by atoms with Crippen LogP contribution in [0, 0.1) is 0 Å². The Hall–Kier alpha value is -0.643. The summed E-state index contributed by atoms with van der Waals surface area (Å²) in [7, 11) is 0.552. The number of aliphatic hydroxyl groups excluding tert-OH is 1. The molecule has 1 aromatic rings. The van der Waals surface area contributed by atoms with Crippen molar-refractivity contribution in [3.05, 3.63) is 35.4 Å². The maximum Gasteiger partial charge on any atom is 0.235 e. The molecule has 1 aromatic carbocycles. The highest BCUT2D eigenvalue weighted by Crippen LogP contribution is 2.28. The first-order valence-corrected chi connectivity index (χ1v) is 7.56.